The Bertz CT molecular complexity index is 441. The van der Waals surface area contributed by atoms with Crippen molar-refractivity contribution < 1.29 is 23.1 Å². The topological polar surface area (TPSA) is 105 Å². The molecule has 1 aliphatic carbocycles. The summed E-state index contributed by atoms with van der Waals surface area (Å²) < 4.78 is 32.1. The number of carbonyl (C=O) groups is 1. The number of ether oxygens (including phenoxy) is 1. The molecule has 0 heterocycles. The summed E-state index contributed by atoms with van der Waals surface area (Å²) >= 11 is 0. The Balaban J connectivity index is 2.44. The molecule has 1 aliphatic rings. The monoisotopic (exact) mass is 322 g/mol. The number of hydrogen-bond donors (Lipinski definition) is 3. The Hall–Kier alpha value is -0.860. The van der Waals surface area contributed by atoms with E-state index in [0.717, 1.165) is 19.3 Å². The number of carbonyl (C=O) groups excluding carboxylic acids is 1. The summed E-state index contributed by atoms with van der Waals surface area (Å²) in [5.74, 6) is 0.598. The van der Waals surface area contributed by atoms with Gasteiger partial charge in [0.1, 0.15) is 0 Å². The molecule has 1 rings (SSSR count). The summed E-state index contributed by atoms with van der Waals surface area (Å²) in [6, 6.07) is 0. The van der Waals surface area contributed by atoms with Crippen LogP contribution in [0.4, 0.5) is 4.79 Å². The molecule has 0 saturated heterocycles. The molecule has 7 nitrogen and oxygen atoms in total. The SMILES string of the molecule is CCC1CCC(O)(CNS(=O)(=O)NC(=O)OC(C)C)CC1. The quantitative estimate of drug-likeness (QED) is 0.683. The molecule has 0 aromatic rings. The van der Waals surface area contributed by atoms with Crippen molar-refractivity contribution in [1.29, 1.82) is 0 Å². The highest BCUT2D eigenvalue weighted by molar-refractivity contribution is 7.88. The van der Waals surface area contributed by atoms with Gasteiger partial charge in [0.2, 0.25) is 0 Å². The standard InChI is InChI=1S/C13H26N2O5S/c1-4-11-5-7-13(17,8-6-11)9-14-21(18,19)15-12(16)20-10(2)3/h10-11,14,17H,4-9H2,1-3H3,(H,15,16). The second kappa shape index (κ2) is 7.42. The van der Waals surface area contributed by atoms with Crippen molar-refractivity contribution in [2.75, 3.05) is 6.54 Å². The minimum Gasteiger partial charge on any atom is -0.446 e. The molecule has 0 radical (unpaired) electrons. The molecule has 8 heteroatoms. The number of rotatable bonds is 6. The van der Waals surface area contributed by atoms with E-state index in [2.05, 4.69) is 11.6 Å². The third-order valence-corrected chi connectivity index (χ3v) is 4.72. The summed E-state index contributed by atoms with van der Waals surface area (Å²) in [6.45, 7) is 5.25. The third kappa shape index (κ3) is 6.62. The zero-order valence-electron chi connectivity index (χ0n) is 12.9. The Morgan fingerprint density at radius 1 is 1.38 bits per heavy atom. The molecular weight excluding hydrogens is 296 g/mol. The maximum atomic E-state index is 11.7. The molecular formula is C13H26N2O5S. The third-order valence-electron chi connectivity index (χ3n) is 3.76. The van der Waals surface area contributed by atoms with Crippen LogP contribution >= 0.6 is 0 Å². The van der Waals surface area contributed by atoms with Gasteiger partial charge >= 0.3 is 16.3 Å². The molecule has 0 atom stereocenters. The molecule has 124 valence electrons. The van der Waals surface area contributed by atoms with E-state index in [0.29, 0.717) is 18.8 Å². The van der Waals surface area contributed by atoms with Gasteiger partial charge in [-0.2, -0.15) is 13.1 Å². The first-order valence-corrected chi connectivity index (χ1v) is 8.84. The molecule has 1 saturated carbocycles. The van der Waals surface area contributed by atoms with E-state index >= 15 is 0 Å². The first-order valence-electron chi connectivity index (χ1n) is 7.36. The van der Waals surface area contributed by atoms with Gasteiger partial charge in [0.05, 0.1) is 11.7 Å². The summed E-state index contributed by atoms with van der Waals surface area (Å²) in [4.78, 5) is 11.3. The minimum atomic E-state index is -4.02. The second-order valence-corrected chi connectivity index (χ2v) is 7.46. The van der Waals surface area contributed by atoms with E-state index in [-0.39, 0.29) is 6.54 Å². The average Bonchev–Trinajstić information content (AvgIpc) is 2.36. The van der Waals surface area contributed by atoms with Crippen molar-refractivity contribution in [3.8, 4) is 0 Å². The molecule has 0 unspecified atom stereocenters. The fourth-order valence-corrected chi connectivity index (χ4v) is 3.21. The lowest BCUT2D eigenvalue weighted by atomic mass is 9.78. The first-order chi connectivity index (χ1) is 9.66. The lowest BCUT2D eigenvalue weighted by Crippen LogP contribution is -2.49. The zero-order valence-corrected chi connectivity index (χ0v) is 13.7. The van der Waals surface area contributed by atoms with Gasteiger partial charge in [0, 0.05) is 6.54 Å². The molecule has 0 aliphatic heterocycles. The van der Waals surface area contributed by atoms with E-state index in [9.17, 15) is 18.3 Å². The van der Waals surface area contributed by atoms with Crippen LogP contribution in [0.5, 0.6) is 0 Å². The van der Waals surface area contributed by atoms with Gasteiger partial charge in [-0.15, -0.1) is 0 Å². The first kappa shape index (κ1) is 18.2. The van der Waals surface area contributed by atoms with Gasteiger partial charge in [0.15, 0.2) is 0 Å². The molecule has 21 heavy (non-hydrogen) atoms. The van der Waals surface area contributed by atoms with Crippen molar-refractivity contribution in [3.63, 3.8) is 0 Å². The van der Waals surface area contributed by atoms with Gasteiger partial charge < -0.3 is 9.84 Å². The Morgan fingerprint density at radius 2 is 1.95 bits per heavy atom. The van der Waals surface area contributed by atoms with Crippen molar-refractivity contribution in [2.24, 2.45) is 5.92 Å². The predicted octanol–water partition coefficient (Wildman–Crippen LogP) is 1.29. The zero-order chi connectivity index (χ0) is 16.1. The fraction of sp³-hybridized carbons (Fsp3) is 0.923. The van der Waals surface area contributed by atoms with E-state index < -0.39 is 28.0 Å². The Labute approximate surface area is 126 Å². The van der Waals surface area contributed by atoms with Crippen molar-refractivity contribution >= 4 is 16.3 Å². The van der Waals surface area contributed by atoms with Gasteiger partial charge in [-0.1, -0.05) is 13.3 Å². The van der Waals surface area contributed by atoms with E-state index in [1.54, 1.807) is 18.6 Å². The van der Waals surface area contributed by atoms with Gasteiger partial charge in [-0.05, 0) is 45.4 Å². The Kier molecular flexibility index (Phi) is 6.42. The highest BCUT2D eigenvalue weighted by Gasteiger charge is 2.33. The van der Waals surface area contributed by atoms with Gasteiger partial charge in [-0.25, -0.2) is 9.52 Å². The van der Waals surface area contributed by atoms with Crippen LogP contribution in [0.15, 0.2) is 0 Å². The lowest BCUT2D eigenvalue weighted by molar-refractivity contribution is -0.00451. The van der Waals surface area contributed by atoms with Crippen molar-refractivity contribution in [2.45, 2.75) is 64.6 Å². The summed E-state index contributed by atoms with van der Waals surface area (Å²) in [6.07, 6.45) is 2.53. The normalized spacial score (nSPS) is 26.6. The highest BCUT2D eigenvalue weighted by Crippen LogP contribution is 2.33. The number of nitrogens with one attached hydrogen (secondary N) is 2. The van der Waals surface area contributed by atoms with Gasteiger partial charge in [0.25, 0.3) is 0 Å². The van der Waals surface area contributed by atoms with Crippen LogP contribution < -0.4 is 9.44 Å². The number of amides is 1. The maximum Gasteiger partial charge on any atom is 0.422 e. The Morgan fingerprint density at radius 3 is 2.43 bits per heavy atom. The molecule has 1 fully saturated rings. The molecule has 0 spiro atoms. The largest absolute Gasteiger partial charge is 0.446 e. The van der Waals surface area contributed by atoms with Crippen LogP contribution in [-0.4, -0.2) is 37.9 Å². The summed E-state index contributed by atoms with van der Waals surface area (Å²) in [5.41, 5.74) is -1.04. The maximum absolute atomic E-state index is 11.7. The van der Waals surface area contributed by atoms with Crippen LogP contribution in [0, 0.1) is 5.92 Å². The molecule has 1 amide bonds. The van der Waals surface area contributed by atoms with Crippen molar-refractivity contribution in [3.05, 3.63) is 0 Å². The lowest BCUT2D eigenvalue weighted by Gasteiger charge is -2.35. The van der Waals surface area contributed by atoms with Crippen LogP contribution in [0.25, 0.3) is 0 Å². The average molecular weight is 322 g/mol. The van der Waals surface area contributed by atoms with Gasteiger partial charge in [-0.3, -0.25) is 0 Å². The van der Waals surface area contributed by atoms with E-state index in [4.69, 9.17) is 4.74 Å². The predicted molar refractivity (Wildman–Crippen MR) is 78.9 cm³/mol. The molecule has 0 aromatic carbocycles. The van der Waals surface area contributed by atoms with E-state index in [1.165, 1.54) is 0 Å². The van der Waals surface area contributed by atoms with Crippen molar-refractivity contribution in [1.82, 2.24) is 9.44 Å². The van der Waals surface area contributed by atoms with Crippen LogP contribution in [-0.2, 0) is 14.9 Å². The minimum absolute atomic E-state index is 0.103. The number of hydrogen-bond acceptors (Lipinski definition) is 5. The summed E-state index contributed by atoms with van der Waals surface area (Å²) in [5, 5.41) is 10.4. The van der Waals surface area contributed by atoms with Crippen LogP contribution in [0.1, 0.15) is 52.9 Å². The summed E-state index contributed by atoms with van der Waals surface area (Å²) in [7, 11) is -4.02. The molecule has 0 aromatic heterocycles. The fourth-order valence-electron chi connectivity index (χ4n) is 2.41. The van der Waals surface area contributed by atoms with Crippen LogP contribution in [0.2, 0.25) is 0 Å². The van der Waals surface area contributed by atoms with Crippen LogP contribution in [0.3, 0.4) is 0 Å². The highest BCUT2D eigenvalue weighted by atomic mass is 32.2. The molecule has 0 bridgehead atoms. The smallest absolute Gasteiger partial charge is 0.422 e. The second-order valence-electron chi connectivity index (χ2n) is 5.96. The number of aliphatic hydroxyl groups is 1. The van der Waals surface area contributed by atoms with E-state index in [1.807, 2.05) is 0 Å². The molecule has 3 N–H and O–H groups in total.